The van der Waals surface area contributed by atoms with Gasteiger partial charge in [0.25, 0.3) is 0 Å². The lowest BCUT2D eigenvalue weighted by Crippen LogP contribution is -2.44. The predicted octanol–water partition coefficient (Wildman–Crippen LogP) is 7.00. The molecule has 0 saturated carbocycles. The molecule has 1 aromatic heterocycles. The number of methoxy groups -OCH3 is 1. The van der Waals surface area contributed by atoms with Gasteiger partial charge < -0.3 is 23.8 Å². The van der Waals surface area contributed by atoms with Gasteiger partial charge in [0.1, 0.15) is 11.7 Å². The minimum Gasteiger partial charge on any atom is -0.479 e. The summed E-state index contributed by atoms with van der Waals surface area (Å²) in [6, 6.07) is 17.2. The van der Waals surface area contributed by atoms with E-state index in [1.807, 2.05) is 69.3 Å². The SMILES string of the molecule is COC(=O)c1sc(-c2cccc(C3CCN(S(=O)(=O)Cc4ccccc4)CC3)c2)c(Br)c1OCC(=O)OC1CCN(C(=O)OC(C)(C)C)CC1. The highest BCUT2D eigenvalue weighted by Gasteiger charge is 2.31. The van der Waals surface area contributed by atoms with Crippen LogP contribution in [0.1, 0.15) is 73.2 Å². The molecule has 270 valence electrons. The van der Waals surface area contributed by atoms with Crippen LogP contribution in [-0.2, 0) is 34.8 Å². The van der Waals surface area contributed by atoms with Crippen molar-refractivity contribution >= 4 is 55.3 Å². The molecule has 2 fully saturated rings. The number of likely N-dealkylation sites (tertiary alicyclic amines) is 1. The van der Waals surface area contributed by atoms with Gasteiger partial charge in [0.2, 0.25) is 10.0 Å². The molecule has 0 radical (unpaired) electrons. The molecule has 0 atom stereocenters. The number of esters is 2. The topological polar surface area (TPSA) is 129 Å². The third-order valence-electron chi connectivity index (χ3n) is 8.57. The van der Waals surface area contributed by atoms with E-state index in [1.54, 1.807) is 9.21 Å². The van der Waals surface area contributed by atoms with Crippen LogP contribution in [0.15, 0.2) is 59.1 Å². The van der Waals surface area contributed by atoms with Crippen molar-refractivity contribution in [2.45, 2.75) is 69.8 Å². The second kappa shape index (κ2) is 16.3. The minimum absolute atomic E-state index is 0.0137. The number of hydrogen-bond donors (Lipinski definition) is 0. The van der Waals surface area contributed by atoms with Gasteiger partial charge in [0.15, 0.2) is 17.2 Å². The normalized spacial score (nSPS) is 16.5. The molecule has 1 amide bonds. The number of carbonyl (C=O) groups excluding carboxylic acids is 3. The third-order valence-corrected chi connectivity index (χ3v) is 12.6. The molecule has 0 N–H and O–H groups in total. The van der Waals surface area contributed by atoms with Crippen LogP contribution in [0.2, 0.25) is 0 Å². The molecule has 3 heterocycles. The van der Waals surface area contributed by atoms with Crippen LogP contribution < -0.4 is 4.74 Å². The van der Waals surface area contributed by atoms with E-state index in [4.69, 9.17) is 18.9 Å². The van der Waals surface area contributed by atoms with E-state index in [2.05, 4.69) is 22.0 Å². The van der Waals surface area contributed by atoms with Crippen LogP contribution in [0, 0.1) is 0 Å². The molecule has 0 bridgehead atoms. The monoisotopic (exact) mass is 790 g/mol. The van der Waals surface area contributed by atoms with Gasteiger partial charge in [0.05, 0.1) is 22.2 Å². The first-order valence-corrected chi connectivity index (χ1v) is 19.8. The van der Waals surface area contributed by atoms with Crippen LogP contribution in [0.5, 0.6) is 5.75 Å². The van der Waals surface area contributed by atoms with Crippen LogP contribution in [0.4, 0.5) is 4.79 Å². The van der Waals surface area contributed by atoms with Gasteiger partial charge in [0, 0.05) is 39.0 Å². The summed E-state index contributed by atoms with van der Waals surface area (Å²) in [4.78, 5) is 40.5. The maximum atomic E-state index is 13.1. The molecule has 11 nitrogen and oxygen atoms in total. The Morgan fingerprint density at radius 2 is 1.62 bits per heavy atom. The van der Waals surface area contributed by atoms with Crippen molar-refractivity contribution in [3.63, 3.8) is 0 Å². The van der Waals surface area contributed by atoms with Gasteiger partial charge in [-0.25, -0.2) is 27.1 Å². The molecule has 2 saturated heterocycles. The smallest absolute Gasteiger partial charge is 0.410 e. The predicted molar refractivity (Wildman–Crippen MR) is 194 cm³/mol. The molecule has 2 aromatic carbocycles. The van der Waals surface area contributed by atoms with Crippen molar-refractivity contribution in [1.29, 1.82) is 0 Å². The Labute approximate surface area is 306 Å². The lowest BCUT2D eigenvalue weighted by atomic mass is 9.89. The number of thiophene rings is 1. The zero-order chi connectivity index (χ0) is 36.1. The largest absolute Gasteiger partial charge is 0.479 e. The number of piperidine rings is 2. The molecular formula is C36H43BrN2O9S2. The number of halogens is 1. The van der Waals surface area contributed by atoms with E-state index >= 15 is 0 Å². The summed E-state index contributed by atoms with van der Waals surface area (Å²) in [5.41, 5.74) is 2.10. The quantitative estimate of drug-likeness (QED) is 0.158. The number of ether oxygens (including phenoxy) is 4. The van der Waals surface area contributed by atoms with Crippen molar-refractivity contribution in [3.8, 4) is 16.2 Å². The number of benzene rings is 2. The average Bonchev–Trinajstić information content (AvgIpc) is 3.42. The fourth-order valence-corrected chi connectivity index (χ4v) is 9.58. The highest BCUT2D eigenvalue weighted by atomic mass is 79.9. The number of rotatable bonds is 10. The molecule has 2 aliphatic heterocycles. The minimum atomic E-state index is -3.42. The number of amides is 1. The Hall–Kier alpha value is -3.46. The Morgan fingerprint density at radius 1 is 0.940 bits per heavy atom. The van der Waals surface area contributed by atoms with E-state index in [0.29, 0.717) is 56.3 Å². The molecule has 0 spiro atoms. The van der Waals surface area contributed by atoms with Crippen molar-refractivity contribution in [2.24, 2.45) is 0 Å². The van der Waals surface area contributed by atoms with Crippen LogP contribution >= 0.6 is 27.3 Å². The van der Waals surface area contributed by atoms with Gasteiger partial charge in [-0.3, -0.25) is 0 Å². The van der Waals surface area contributed by atoms with E-state index in [0.717, 1.165) is 21.6 Å². The number of nitrogens with zero attached hydrogens (tertiary/aromatic N) is 2. The van der Waals surface area contributed by atoms with E-state index in [9.17, 15) is 22.8 Å². The van der Waals surface area contributed by atoms with Gasteiger partial charge >= 0.3 is 18.0 Å². The Bertz CT molecular complexity index is 1770. The fourth-order valence-electron chi connectivity index (χ4n) is 6.05. The highest BCUT2D eigenvalue weighted by Crippen LogP contribution is 2.46. The third kappa shape index (κ3) is 9.65. The van der Waals surface area contributed by atoms with Gasteiger partial charge in [-0.1, -0.05) is 54.6 Å². The summed E-state index contributed by atoms with van der Waals surface area (Å²) in [6.07, 6.45) is 1.57. The average molecular weight is 792 g/mol. The maximum absolute atomic E-state index is 13.1. The zero-order valence-corrected chi connectivity index (χ0v) is 31.9. The lowest BCUT2D eigenvalue weighted by molar-refractivity contribution is -0.153. The van der Waals surface area contributed by atoms with Gasteiger partial charge in [-0.05, 0) is 72.2 Å². The van der Waals surface area contributed by atoms with Crippen molar-refractivity contribution in [2.75, 3.05) is 39.9 Å². The van der Waals surface area contributed by atoms with Crippen molar-refractivity contribution in [1.82, 2.24) is 9.21 Å². The first-order chi connectivity index (χ1) is 23.7. The Balaban J connectivity index is 1.21. The van der Waals surface area contributed by atoms with Crippen LogP contribution in [0.25, 0.3) is 10.4 Å². The second-order valence-corrected chi connectivity index (χ2v) is 17.2. The summed E-state index contributed by atoms with van der Waals surface area (Å²) in [5, 5.41) is 0. The number of hydrogen-bond acceptors (Lipinski definition) is 10. The molecule has 5 rings (SSSR count). The second-order valence-electron chi connectivity index (χ2n) is 13.4. The molecule has 0 aliphatic carbocycles. The molecule has 14 heteroatoms. The molecular weight excluding hydrogens is 748 g/mol. The Morgan fingerprint density at radius 3 is 2.26 bits per heavy atom. The van der Waals surface area contributed by atoms with Crippen molar-refractivity contribution in [3.05, 3.63) is 75.1 Å². The van der Waals surface area contributed by atoms with Crippen LogP contribution in [-0.4, -0.2) is 87.3 Å². The fraction of sp³-hybridized carbons (Fsp3) is 0.472. The first-order valence-electron chi connectivity index (χ1n) is 16.6. The summed E-state index contributed by atoms with van der Waals surface area (Å²) in [7, 11) is -2.14. The summed E-state index contributed by atoms with van der Waals surface area (Å²) >= 11 is 4.80. The van der Waals surface area contributed by atoms with E-state index in [-0.39, 0.29) is 34.5 Å². The summed E-state index contributed by atoms with van der Waals surface area (Å²) in [6.45, 7) is 6.72. The number of carbonyl (C=O) groups is 3. The van der Waals surface area contributed by atoms with Gasteiger partial charge in [-0.2, -0.15) is 0 Å². The van der Waals surface area contributed by atoms with E-state index < -0.39 is 34.2 Å². The number of sulfonamides is 1. The molecule has 3 aromatic rings. The summed E-state index contributed by atoms with van der Waals surface area (Å²) < 4.78 is 50.2. The molecule has 2 aliphatic rings. The van der Waals surface area contributed by atoms with Crippen LogP contribution in [0.3, 0.4) is 0 Å². The molecule has 50 heavy (non-hydrogen) atoms. The Kier molecular flexibility index (Phi) is 12.3. The maximum Gasteiger partial charge on any atom is 0.410 e. The standard InChI is InChI=1S/C36H43BrN2O9S2/c1-36(2,3)48-35(42)38-17-15-28(16-18-38)47-29(40)22-46-31-30(37)32(49-33(31)34(41)45-4)27-12-8-11-26(21-27)25-13-19-39(20-14-25)50(43,44)23-24-9-6-5-7-10-24/h5-12,21,25,28H,13-20,22-23H2,1-4H3. The first kappa shape index (κ1) is 37.8. The summed E-state index contributed by atoms with van der Waals surface area (Å²) in [5.74, 6) is -0.843. The zero-order valence-electron chi connectivity index (χ0n) is 28.7. The molecule has 0 unspecified atom stereocenters. The van der Waals surface area contributed by atoms with Gasteiger partial charge in [-0.15, -0.1) is 11.3 Å². The van der Waals surface area contributed by atoms with Crippen molar-refractivity contribution < 1.29 is 41.7 Å². The highest BCUT2D eigenvalue weighted by molar-refractivity contribution is 9.10. The van der Waals surface area contributed by atoms with E-state index in [1.165, 1.54) is 18.4 Å². The lowest BCUT2D eigenvalue weighted by Gasteiger charge is -2.33.